The van der Waals surface area contributed by atoms with E-state index in [0.29, 0.717) is 6.42 Å². The van der Waals surface area contributed by atoms with Gasteiger partial charge in [0.25, 0.3) is 0 Å². The Balaban J connectivity index is 2.44. The van der Waals surface area contributed by atoms with Gasteiger partial charge >= 0.3 is 0 Å². The second-order valence-corrected chi connectivity index (χ2v) is 4.45. The maximum Gasteiger partial charge on any atom is 0.149 e. The molecule has 1 aliphatic rings. The molecule has 1 aliphatic carbocycles. The molecule has 2 nitrogen and oxygen atoms in total. The van der Waals surface area contributed by atoms with Crippen molar-refractivity contribution in [1.82, 2.24) is 0 Å². The molecular weight excluding hydrogens is 150 g/mol. The molecule has 2 N–H and O–H groups in total. The van der Waals surface area contributed by atoms with Crippen LogP contribution in [0.2, 0.25) is 0 Å². The SMILES string of the molecule is CC(N)C(=O)CC1(C)CCCC1. The van der Waals surface area contributed by atoms with Crippen molar-refractivity contribution in [3.05, 3.63) is 0 Å². The average Bonchev–Trinajstić information content (AvgIpc) is 2.35. The summed E-state index contributed by atoms with van der Waals surface area (Å²) in [6.45, 7) is 3.99. The number of carbonyl (C=O) groups excluding carboxylic acids is 1. The maximum absolute atomic E-state index is 11.4. The molecule has 0 amide bonds. The first-order chi connectivity index (χ1) is 5.53. The first kappa shape index (κ1) is 9.72. The first-order valence-corrected chi connectivity index (χ1v) is 4.82. The second kappa shape index (κ2) is 3.56. The Hall–Kier alpha value is -0.370. The lowest BCUT2D eigenvalue weighted by Crippen LogP contribution is -2.30. The lowest BCUT2D eigenvalue weighted by Gasteiger charge is -2.23. The quantitative estimate of drug-likeness (QED) is 0.701. The van der Waals surface area contributed by atoms with Crippen molar-refractivity contribution >= 4 is 5.78 Å². The van der Waals surface area contributed by atoms with E-state index < -0.39 is 0 Å². The zero-order valence-electron chi connectivity index (χ0n) is 8.10. The summed E-state index contributed by atoms with van der Waals surface area (Å²) >= 11 is 0. The predicted octanol–water partition coefficient (Wildman–Crippen LogP) is 1.87. The molecular formula is C10H19NO. The molecule has 0 spiro atoms. The summed E-state index contributed by atoms with van der Waals surface area (Å²) in [7, 11) is 0. The van der Waals surface area contributed by atoms with E-state index in [4.69, 9.17) is 5.73 Å². The molecule has 0 radical (unpaired) electrons. The Bertz CT molecular complexity index is 169. The molecule has 1 fully saturated rings. The van der Waals surface area contributed by atoms with Crippen molar-refractivity contribution in [1.29, 1.82) is 0 Å². The van der Waals surface area contributed by atoms with Crippen molar-refractivity contribution in [3.63, 3.8) is 0 Å². The standard InChI is InChI=1S/C10H19NO/c1-8(11)9(12)7-10(2)5-3-4-6-10/h8H,3-7,11H2,1-2H3. The fraction of sp³-hybridized carbons (Fsp3) is 0.900. The first-order valence-electron chi connectivity index (χ1n) is 4.82. The lowest BCUT2D eigenvalue weighted by molar-refractivity contribution is -0.122. The van der Waals surface area contributed by atoms with Gasteiger partial charge in [0, 0.05) is 6.42 Å². The van der Waals surface area contributed by atoms with Crippen LogP contribution in [0.1, 0.15) is 46.0 Å². The van der Waals surface area contributed by atoms with E-state index in [-0.39, 0.29) is 17.2 Å². The maximum atomic E-state index is 11.4. The van der Waals surface area contributed by atoms with Gasteiger partial charge in [-0.25, -0.2) is 0 Å². The van der Waals surface area contributed by atoms with Gasteiger partial charge in [0.2, 0.25) is 0 Å². The molecule has 70 valence electrons. The number of rotatable bonds is 3. The van der Waals surface area contributed by atoms with E-state index in [1.54, 1.807) is 6.92 Å². The summed E-state index contributed by atoms with van der Waals surface area (Å²) < 4.78 is 0. The average molecular weight is 169 g/mol. The molecule has 12 heavy (non-hydrogen) atoms. The third-order valence-corrected chi connectivity index (χ3v) is 2.92. The Morgan fingerprint density at radius 3 is 2.42 bits per heavy atom. The van der Waals surface area contributed by atoms with Gasteiger partial charge in [0.1, 0.15) is 5.78 Å². The van der Waals surface area contributed by atoms with E-state index in [9.17, 15) is 4.79 Å². The zero-order chi connectivity index (χ0) is 9.19. The summed E-state index contributed by atoms with van der Waals surface area (Å²) in [6, 6.07) is -0.276. The number of hydrogen-bond acceptors (Lipinski definition) is 2. The minimum atomic E-state index is -0.276. The lowest BCUT2D eigenvalue weighted by atomic mass is 9.82. The highest BCUT2D eigenvalue weighted by Crippen LogP contribution is 2.40. The molecule has 0 aromatic heterocycles. The summed E-state index contributed by atoms with van der Waals surface area (Å²) in [5, 5.41) is 0. The molecule has 0 aromatic carbocycles. The van der Waals surface area contributed by atoms with Gasteiger partial charge in [0.05, 0.1) is 6.04 Å². The Kier molecular flexibility index (Phi) is 2.89. The number of nitrogens with two attached hydrogens (primary N) is 1. The fourth-order valence-electron chi connectivity index (χ4n) is 1.99. The van der Waals surface area contributed by atoms with Crippen LogP contribution in [0.25, 0.3) is 0 Å². The Morgan fingerprint density at radius 1 is 1.50 bits per heavy atom. The third-order valence-electron chi connectivity index (χ3n) is 2.92. The van der Waals surface area contributed by atoms with Crippen LogP contribution in [0.15, 0.2) is 0 Å². The second-order valence-electron chi connectivity index (χ2n) is 4.45. The van der Waals surface area contributed by atoms with E-state index >= 15 is 0 Å². The van der Waals surface area contributed by atoms with Gasteiger partial charge in [-0.3, -0.25) is 4.79 Å². The molecule has 1 saturated carbocycles. The topological polar surface area (TPSA) is 43.1 Å². The molecule has 0 aliphatic heterocycles. The van der Waals surface area contributed by atoms with Crippen molar-refractivity contribution in [3.8, 4) is 0 Å². The van der Waals surface area contributed by atoms with Crippen LogP contribution in [0.4, 0.5) is 0 Å². The van der Waals surface area contributed by atoms with E-state index in [2.05, 4.69) is 6.92 Å². The van der Waals surface area contributed by atoms with E-state index in [0.717, 1.165) is 0 Å². The van der Waals surface area contributed by atoms with Gasteiger partial charge < -0.3 is 5.73 Å². The highest BCUT2D eigenvalue weighted by atomic mass is 16.1. The molecule has 0 saturated heterocycles. The zero-order valence-corrected chi connectivity index (χ0v) is 8.10. The summed E-state index contributed by atoms with van der Waals surface area (Å²) in [6.07, 6.45) is 5.65. The third kappa shape index (κ3) is 2.31. The van der Waals surface area contributed by atoms with Gasteiger partial charge in [-0.2, -0.15) is 0 Å². The van der Waals surface area contributed by atoms with Crippen molar-refractivity contribution < 1.29 is 4.79 Å². The van der Waals surface area contributed by atoms with Gasteiger partial charge in [-0.05, 0) is 25.2 Å². The molecule has 2 heteroatoms. The summed E-state index contributed by atoms with van der Waals surface area (Å²) in [5.74, 6) is 0.222. The monoisotopic (exact) mass is 169 g/mol. The van der Waals surface area contributed by atoms with Gasteiger partial charge in [-0.1, -0.05) is 19.8 Å². The smallest absolute Gasteiger partial charge is 0.149 e. The van der Waals surface area contributed by atoms with E-state index in [1.807, 2.05) is 0 Å². The van der Waals surface area contributed by atoms with E-state index in [1.165, 1.54) is 25.7 Å². The summed E-state index contributed by atoms with van der Waals surface area (Å²) in [5.41, 5.74) is 5.79. The normalized spacial score (nSPS) is 23.9. The molecule has 0 heterocycles. The minimum absolute atomic E-state index is 0.222. The molecule has 1 unspecified atom stereocenters. The van der Waals surface area contributed by atoms with Gasteiger partial charge in [-0.15, -0.1) is 0 Å². The minimum Gasteiger partial charge on any atom is -0.322 e. The van der Waals surface area contributed by atoms with Crippen LogP contribution in [-0.2, 0) is 4.79 Å². The molecule has 0 aromatic rings. The highest BCUT2D eigenvalue weighted by Gasteiger charge is 2.31. The molecule has 0 bridgehead atoms. The fourth-order valence-corrected chi connectivity index (χ4v) is 1.99. The largest absolute Gasteiger partial charge is 0.322 e. The van der Waals surface area contributed by atoms with Crippen molar-refractivity contribution in [2.45, 2.75) is 52.0 Å². The number of carbonyl (C=O) groups is 1. The van der Waals surface area contributed by atoms with Crippen LogP contribution in [0.5, 0.6) is 0 Å². The van der Waals surface area contributed by atoms with Crippen LogP contribution >= 0.6 is 0 Å². The van der Waals surface area contributed by atoms with Crippen LogP contribution < -0.4 is 5.73 Å². The molecule has 1 atom stereocenters. The predicted molar refractivity (Wildman–Crippen MR) is 49.8 cm³/mol. The number of Topliss-reactive ketones (excluding diaryl/α,β-unsaturated/α-hetero) is 1. The van der Waals surface area contributed by atoms with Crippen LogP contribution in [0, 0.1) is 5.41 Å². The number of hydrogen-bond donors (Lipinski definition) is 1. The van der Waals surface area contributed by atoms with Crippen molar-refractivity contribution in [2.24, 2.45) is 11.1 Å². The molecule has 1 rings (SSSR count). The summed E-state index contributed by atoms with van der Waals surface area (Å²) in [4.78, 5) is 11.4. The van der Waals surface area contributed by atoms with Crippen LogP contribution in [-0.4, -0.2) is 11.8 Å². The van der Waals surface area contributed by atoms with Crippen molar-refractivity contribution in [2.75, 3.05) is 0 Å². The Morgan fingerprint density at radius 2 is 2.00 bits per heavy atom. The Labute approximate surface area is 74.5 Å². The van der Waals surface area contributed by atoms with Gasteiger partial charge in [0.15, 0.2) is 0 Å². The van der Waals surface area contributed by atoms with Crippen LogP contribution in [0.3, 0.4) is 0 Å². The highest BCUT2D eigenvalue weighted by molar-refractivity contribution is 5.83. The number of ketones is 1.